The summed E-state index contributed by atoms with van der Waals surface area (Å²) in [4.78, 5) is 32.8. The average molecular weight is 293 g/mol. The van der Waals surface area contributed by atoms with Gasteiger partial charge in [-0.1, -0.05) is 0 Å². The molecule has 1 aromatic heterocycles. The molecule has 1 amide bonds. The van der Waals surface area contributed by atoms with Crippen molar-refractivity contribution in [2.45, 2.75) is 31.3 Å². The molecular formula is C13H19N5O3. The molecule has 1 fully saturated rings. The smallest absolute Gasteiger partial charge is 0.305 e. The number of aromatic nitrogens is 2. The van der Waals surface area contributed by atoms with E-state index in [0.29, 0.717) is 12.5 Å². The minimum absolute atomic E-state index is 0.0742. The fourth-order valence-corrected chi connectivity index (χ4v) is 2.32. The van der Waals surface area contributed by atoms with E-state index in [2.05, 4.69) is 15.3 Å². The van der Waals surface area contributed by atoms with E-state index in [-0.39, 0.29) is 12.5 Å². The highest BCUT2D eigenvalue weighted by Gasteiger charge is 2.25. The van der Waals surface area contributed by atoms with E-state index in [1.165, 1.54) is 0 Å². The van der Waals surface area contributed by atoms with Crippen molar-refractivity contribution in [3.63, 3.8) is 0 Å². The molecular weight excluding hydrogens is 274 g/mol. The number of piperidine rings is 1. The zero-order valence-corrected chi connectivity index (χ0v) is 11.6. The Morgan fingerprint density at radius 2 is 2.19 bits per heavy atom. The van der Waals surface area contributed by atoms with Crippen molar-refractivity contribution >= 4 is 17.8 Å². The van der Waals surface area contributed by atoms with Crippen molar-refractivity contribution in [1.82, 2.24) is 15.3 Å². The minimum atomic E-state index is -1.08. The fourth-order valence-electron chi connectivity index (χ4n) is 2.32. The van der Waals surface area contributed by atoms with Gasteiger partial charge in [-0.05, 0) is 18.9 Å². The van der Waals surface area contributed by atoms with Crippen molar-refractivity contribution < 1.29 is 14.7 Å². The Balaban J connectivity index is 1.89. The van der Waals surface area contributed by atoms with Gasteiger partial charge in [-0.15, -0.1) is 0 Å². The number of carbonyl (C=O) groups excluding carboxylic acids is 1. The summed E-state index contributed by atoms with van der Waals surface area (Å²) < 4.78 is 0. The van der Waals surface area contributed by atoms with Crippen molar-refractivity contribution in [2.24, 2.45) is 5.73 Å². The molecule has 0 spiro atoms. The van der Waals surface area contributed by atoms with Gasteiger partial charge in [0.2, 0.25) is 11.9 Å². The van der Waals surface area contributed by atoms with Gasteiger partial charge in [0.1, 0.15) is 0 Å². The second kappa shape index (κ2) is 6.98. The van der Waals surface area contributed by atoms with E-state index < -0.39 is 17.9 Å². The zero-order valence-electron chi connectivity index (χ0n) is 11.6. The van der Waals surface area contributed by atoms with Crippen molar-refractivity contribution in [3.8, 4) is 0 Å². The molecule has 2 rings (SSSR count). The molecule has 0 bridgehead atoms. The van der Waals surface area contributed by atoms with E-state index >= 15 is 0 Å². The number of hydrogen-bond donors (Lipinski definition) is 3. The zero-order chi connectivity index (χ0) is 15.2. The first kappa shape index (κ1) is 15.2. The van der Waals surface area contributed by atoms with Crippen LogP contribution in [0.25, 0.3) is 0 Å². The van der Waals surface area contributed by atoms with E-state index in [4.69, 9.17) is 10.8 Å². The maximum Gasteiger partial charge on any atom is 0.305 e. The van der Waals surface area contributed by atoms with Crippen molar-refractivity contribution in [1.29, 1.82) is 0 Å². The number of carboxylic acids is 1. The molecule has 2 atom stereocenters. The van der Waals surface area contributed by atoms with Gasteiger partial charge in [-0.2, -0.15) is 0 Å². The number of carboxylic acid groups (broad SMARTS) is 1. The number of carbonyl (C=O) groups is 2. The van der Waals surface area contributed by atoms with Crippen LogP contribution in [-0.2, 0) is 9.59 Å². The molecule has 1 aromatic rings. The Morgan fingerprint density at radius 1 is 1.48 bits per heavy atom. The quantitative estimate of drug-likeness (QED) is 0.660. The highest BCUT2D eigenvalue weighted by Crippen LogP contribution is 2.15. The first-order chi connectivity index (χ1) is 10.1. The number of anilines is 1. The summed E-state index contributed by atoms with van der Waals surface area (Å²) in [6.45, 7) is 1.42. The van der Waals surface area contributed by atoms with E-state index in [0.717, 1.165) is 19.4 Å². The molecule has 21 heavy (non-hydrogen) atoms. The number of aliphatic carboxylic acids is 1. The first-order valence-corrected chi connectivity index (χ1v) is 6.86. The van der Waals surface area contributed by atoms with Crippen LogP contribution in [-0.4, -0.2) is 52.1 Å². The van der Waals surface area contributed by atoms with Crippen LogP contribution in [0.1, 0.15) is 19.3 Å². The third-order valence-corrected chi connectivity index (χ3v) is 3.33. The monoisotopic (exact) mass is 293 g/mol. The van der Waals surface area contributed by atoms with Gasteiger partial charge in [-0.25, -0.2) is 9.97 Å². The first-order valence-electron chi connectivity index (χ1n) is 6.86. The van der Waals surface area contributed by atoms with Gasteiger partial charge in [0.15, 0.2) is 0 Å². The summed E-state index contributed by atoms with van der Waals surface area (Å²) in [7, 11) is 0. The van der Waals surface area contributed by atoms with Crippen LogP contribution in [0.2, 0.25) is 0 Å². The lowest BCUT2D eigenvalue weighted by atomic mass is 10.1. The molecule has 0 aliphatic carbocycles. The Hall–Kier alpha value is -2.22. The Kier molecular flexibility index (Phi) is 5.04. The van der Waals surface area contributed by atoms with Crippen LogP contribution in [0.3, 0.4) is 0 Å². The van der Waals surface area contributed by atoms with E-state index in [1.54, 1.807) is 18.5 Å². The lowest BCUT2D eigenvalue weighted by Crippen LogP contribution is -2.52. The second-order valence-corrected chi connectivity index (χ2v) is 5.05. The summed E-state index contributed by atoms with van der Waals surface area (Å²) >= 11 is 0. The fraction of sp³-hybridized carbons (Fsp3) is 0.538. The predicted molar refractivity (Wildman–Crippen MR) is 75.6 cm³/mol. The van der Waals surface area contributed by atoms with E-state index in [9.17, 15) is 9.59 Å². The highest BCUT2D eigenvalue weighted by molar-refractivity contribution is 5.86. The average Bonchev–Trinajstić information content (AvgIpc) is 2.47. The number of nitrogens with zero attached hydrogens (tertiary/aromatic N) is 3. The number of nitrogens with one attached hydrogen (secondary N) is 1. The third kappa shape index (κ3) is 4.38. The van der Waals surface area contributed by atoms with Gasteiger partial charge >= 0.3 is 5.97 Å². The summed E-state index contributed by atoms with van der Waals surface area (Å²) in [5.74, 6) is -0.884. The van der Waals surface area contributed by atoms with Gasteiger partial charge in [0.05, 0.1) is 12.5 Å². The van der Waals surface area contributed by atoms with Crippen LogP contribution in [0.4, 0.5) is 5.95 Å². The van der Waals surface area contributed by atoms with E-state index in [1.807, 2.05) is 4.90 Å². The van der Waals surface area contributed by atoms with Crippen LogP contribution >= 0.6 is 0 Å². The molecule has 8 nitrogen and oxygen atoms in total. The van der Waals surface area contributed by atoms with Crippen molar-refractivity contribution in [2.75, 3.05) is 18.0 Å². The SMILES string of the molecule is NC(CC(=O)O)C(=O)NC1CCCN(c2ncccn2)C1. The summed E-state index contributed by atoms with van der Waals surface area (Å²) in [5, 5.41) is 11.4. The standard InChI is InChI=1S/C13H19N5O3/c14-10(7-11(19)20)12(21)17-9-3-1-6-18(8-9)13-15-4-2-5-16-13/h2,4-5,9-10H,1,3,6-8,14H2,(H,17,21)(H,19,20). The molecule has 114 valence electrons. The largest absolute Gasteiger partial charge is 0.481 e. The van der Waals surface area contributed by atoms with Crippen LogP contribution < -0.4 is 16.0 Å². The predicted octanol–water partition coefficient (Wildman–Crippen LogP) is -0.636. The maximum absolute atomic E-state index is 11.8. The Morgan fingerprint density at radius 3 is 2.86 bits per heavy atom. The molecule has 1 saturated heterocycles. The molecule has 2 heterocycles. The molecule has 2 unspecified atom stereocenters. The Bertz CT molecular complexity index is 496. The molecule has 4 N–H and O–H groups in total. The normalized spacial score (nSPS) is 19.9. The summed E-state index contributed by atoms with van der Waals surface area (Å²) in [5.41, 5.74) is 5.55. The number of nitrogens with two attached hydrogens (primary N) is 1. The number of amides is 1. The molecule has 0 aromatic carbocycles. The molecule has 1 aliphatic heterocycles. The van der Waals surface area contributed by atoms with Gasteiger partial charge in [0, 0.05) is 31.5 Å². The third-order valence-electron chi connectivity index (χ3n) is 3.33. The maximum atomic E-state index is 11.8. The van der Waals surface area contributed by atoms with Crippen LogP contribution in [0, 0.1) is 0 Å². The summed E-state index contributed by atoms with van der Waals surface area (Å²) in [6, 6.07) is 0.651. The Labute approximate surface area is 122 Å². The van der Waals surface area contributed by atoms with Crippen LogP contribution in [0.5, 0.6) is 0 Å². The molecule has 0 saturated carbocycles. The van der Waals surface area contributed by atoms with Gasteiger partial charge < -0.3 is 21.1 Å². The lowest BCUT2D eigenvalue weighted by Gasteiger charge is -2.33. The van der Waals surface area contributed by atoms with Gasteiger partial charge in [0.25, 0.3) is 0 Å². The topological polar surface area (TPSA) is 121 Å². The van der Waals surface area contributed by atoms with Gasteiger partial charge in [-0.3, -0.25) is 9.59 Å². The summed E-state index contributed by atoms with van der Waals surface area (Å²) in [6.07, 6.45) is 4.71. The lowest BCUT2D eigenvalue weighted by molar-refractivity contribution is -0.139. The van der Waals surface area contributed by atoms with Crippen LogP contribution in [0.15, 0.2) is 18.5 Å². The minimum Gasteiger partial charge on any atom is -0.481 e. The van der Waals surface area contributed by atoms with Crippen molar-refractivity contribution in [3.05, 3.63) is 18.5 Å². The number of rotatable bonds is 5. The highest BCUT2D eigenvalue weighted by atomic mass is 16.4. The molecule has 8 heteroatoms. The second-order valence-electron chi connectivity index (χ2n) is 5.05. The molecule has 1 aliphatic rings. The number of hydrogen-bond acceptors (Lipinski definition) is 6. The molecule has 0 radical (unpaired) electrons.